The largest absolute Gasteiger partial charge is 0.508 e. The summed E-state index contributed by atoms with van der Waals surface area (Å²) in [6.45, 7) is 7.56. The molecule has 0 radical (unpaired) electrons. The van der Waals surface area contributed by atoms with Gasteiger partial charge in [-0.05, 0) is 50.3 Å². The van der Waals surface area contributed by atoms with Crippen LogP contribution < -0.4 is 15.2 Å². The number of rotatable bonds is 17. The summed E-state index contributed by atoms with van der Waals surface area (Å²) >= 11 is 0. The minimum Gasteiger partial charge on any atom is -0.458 e. The lowest BCUT2D eigenvalue weighted by Gasteiger charge is -2.17. The molecule has 0 aromatic heterocycles. The Bertz CT molecular complexity index is 871. The lowest BCUT2D eigenvalue weighted by Crippen LogP contribution is -2.37. The fourth-order valence-corrected chi connectivity index (χ4v) is 3.02. The number of hydrogen-bond donors (Lipinski definition) is 1. The van der Waals surface area contributed by atoms with Crippen molar-refractivity contribution in [1.82, 2.24) is 0 Å². The molecule has 2 atom stereocenters. The topological polar surface area (TPSA) is 140 Å². The summed E-state index contributed by atoms with van der Waals surface area (Å²) in [7, 11) is 0. The van der Waals surface area contributed by atoms with Crippen LogP contribution in [-0.2, 0) is 35.0 Å². The van der Waals surface area contributed by atoms with E-state index in [4.69, 9.17) is 29.4 Å². The zero-order chi connectivity index (χ0) is 27.6. The molecule has 37 heavy (non-hydrogen) atoms. The van der Waals surface area contributed by atoms with Crippen molar-refractivity contribution in [3.63, 3.8) is 0 Å². The molecule has 0 amide bonds. The van der Waals surface area contributed by atoms with Crippen LogP contribution in [0.1, 0.15) is 84.6 Å². The van der Waals surface area contributed by atoms with E-state index in [9.17, 15) is 19.2 Å². The van der Waals surface area contributed by atoms with Crippen LogP contribution in [0.25, 0.3) is 0 Å². The molecular formula is C27H41NO9. The number of unbranched alkanes of at least 4 members (excludes halogenated alkanes) is 3. The molecule has 1 rings (SSSR count). The summed E-state index contributed by atoms with van der Waals surface area (Å²) in [4.78, 5) is 48.3. The Morgan fingerprint density at radius 2 is 1.43 bits per heavy atom. The van der Waals surface area contributed by atoms with Gasteiger partial charge in [-0.1, -0.05) is 46.1 Å². The Kier molecular flexibility index (Phi) is 15.6. The van der Waals surface area contributed by atoms with Crippen LogP contribution in [0.3, 0.4) is 0 Å². The van der Waals surface area contributed by atoms with Gasteiger partial charge >= 0.3 is 24.1 Å². The zero-order valence-corrected chi connectivity index (χ0v) is 22.4. The highest BCUT2D eigenvalue weighted by atomic mass is 16.7. The van der Waals surface area contributed by atoms with Gasteiger partial charge in [-0.3, -0.25) is 14.4 Å². The van der Waals surface area contributed by atoms with Gasteiger partial charge in [0.05, 0.1) is 6.61 Å². The highest BCUT2D eigenvalue weighted by Gasteiger charge is 2.21. The second-order valence-electron chi connectivity index (χ2n) is 8.76. The third-order valence-corrected chi connectivity index (χ3v) is 5.15. The van der Waals surface area contributed by atoms with Crippen molar-refractivity contribution in [3.05, 3.63) is 23.8 Å². The second-order valence-corrected chi connectivity index (χ2v) is 8.76. The maximum Gasteiger partial charge on any atom is 0.508 e. The summed E-state index contributed by atoms with van der Waals surface area (Å²) in [5, 5.41) is 0. The summed E-state index contributed by atoms with van der Waals surface area (Å²) in [5.41, 5.74) is 6.61. The first-order valence-electron chi connectivity index (χ1n) is 13.0. The highest BCUT2D eigenvalue weighted by molar-refractivity contribution is 5.77. The van der Waals surface area contributed by atoms with Gasteiger partial charge < -0.3 is 29.4 Å². The van der Waals surface area contributed by atoms with Gasteiger partial charge in [0, 0.05) is 12.8 Å². The number of esters is 3. The normalized spacial score (nSPS) is 12.2. The molecule has 10 heteroatoms. The maximum atomic E-state index is 12.4. The van der Waals surface area contributed by atoms with E-state index in [0.717, 1.165) is 25.7 Å². The average Bonchev–Trinajstić information content (AvgIpc) is 2.86. The molecule has 0 fully saturated rings. The van der Waals surface area contributed by atoms with Crippen LogP contribution in [0.2, 0.25) is 0 Å². The Morgan fingerprint density at radius 1 is 0.838 bits per heavy atom. The van der Waals surface area contributed by atoms with Gasteiger partial charge in [0.1, 0.15) is 18.8 Å². The maximum absolute atomic E-state index is 12.4. The van der Waals surface area contributed by atoms with Crippen LogP contribution in [0.5, 0.6) is 11.5 Å². The van der Waals surface area contributed by atoms with E-state index in [1.807, 2.05) is 20.8 Å². The number of benzene rings is 1. The number of hydrogen-bond acceptors (Lipinski definition) is 10. The van der Waals surface area contributed by atoms with Gasteiger partial charge in [-0.15, -0.1) is 0 Å². The second kappa shape index (κ2) is 18.2. The third kappa shape index (κ3) is 13.7. The van der Waals surface area contributed by atoms with Crippen LogP contribution in [0.15, 0.2) is 18.2 Å². The Morgan fingerprint density at radius 3 is 2.03 bits per heavy atom. The standard InChI is InChI=1S/C27H41NO9/c1-5-8-11-24(29)36-22-14-13-20(17-23(22)37-25(30)12-9-6-2)16-21(28)26(31)35-19(4)18-34-27(32)33-15-10-7-3/h13-14,17,19,21H,5-12,15-16,18,28H2,1-4H3/t19-,21-/m0/s1. The number of carbonyl (C=O) groups is 4. The van der Waals surface area contributed by atoms with E-state index in [1.165, 1.54) is 12.1 Å². The van der Waals surface area contributed by atoms with Gasteiger partial charge in [0.15, 0.2) is 11.5 Å². The molecule has 2 N–H and O–H groups in total. The molecule has 0 bridgehead atoms. The van der Waals surface area contributed by atoms with E-state index in [-0.39, 0.29) is 44.0 Å². The zero-order valence-electron chi connectivity index (χ0n) is 22.4. The quantitative estimate of drug-likeness (QED) is 0.174. The first-order chi connectivity index (χ1) is 17.7. The highest BCUT2D eigenvalue weighted by Crippen LogP contribution is 2.30. The van der Waals surface area contributed by atoms with Crippen molar-refractivity contribution >= 4 is 24.1 Å². The fraction of sp³-hybridized carbons (Fsp3) is 0.630. The third-order valence-electron chi connectivity index (χ3n) is 5.15. The summed E-state index contributed by atoms with van der Waals surface area (Å²) in [6, 6.07) is 3.65. The molecule has 0 aliphatic rings. The molecule has 0 heterocycles. The molecule has 10 nitrogen and oxygen atoms in total. The molecule has 0 spiro atoms. The van der Waals surface area contributed by atoms with Gasteiger partial charge in [-0.25, -0.2) is 4.79 Å². The van der Waals surface area contributed by atoms with Crippen molar-refractivity contribution in [2.75, 3.05) is 13.2 Å². The van der Waals surface area contributed by atoms with Crippen LogP contribution in [-0.4, -0.2) is 49.4 Å². The Hall–Kier alpha value is -3.14. The predicted molar refractivity (Wildman–Crippen MR) is 136 cm³/mol. The Balaban J connectivity index is 2.76. The molecule has 0 unspecified atom stereocenters. The average molecular weight is 524 g/mol. The number of ether oxygens (including phenoxy) is 5. The summed E-state index contributed by atoms with van der Waals surface area (Å²) in [6.07, 6.45) is 3.64. The van der Waals surface area contributed by atoms with Gasteiger partial charge in [0.2, 0.25) is 0 Å². The van der Waals surface area contributed by atoms with Gasteiger partial charge in [0.25, 0.3) is 0 Å². The molecule has 1 aromatic rings. The van der Waals surface area contributed by atoms with Crippen molar-refractivity contribution in [3.8, 4) is 11.5 Å². The SMILES string of the molecule is CCCCOC(=O)OC[C@H](C)OC(=O)[C@@H](N)Cc1ccc(OC(=O)CCCC)c(OC(=O)CCCC)c1. The molecule has 1 aromatic carbocycles. The smallest absolute Gasteiger partial charge is 0.458 e. The molecule has 0 aliphatic carbocycles. The van der Waals surface area contributed by atoms with E-state index in [2.05, 4.69) is 0 Å². The van der Waals surface area contributed by atoms with Crippen molar-refractivity contribution in [1.29, 1.82) is 0 Å². The van der Waals surface area contributed by atoms with E-state index >= 15 is 0 Å². The van der Waals surface area contributed by atoms with Crippen molar-refractivity contribution < 1.29 is 42.9 Å². The van der Waals surface area contributed by atoms with Gasteiger partial charge in [-0.2, -0.15) is 0 Å². The Labute approximate surface area is 219 Å². The van der Waals surface area contributed by atoms with Crippen molar-refractivity contribution in [2.24, 2.45) is 5.73 Å². The lowest BCUT2D eigenvalue weighted by atomic mass is 10.1. The molecule has 208 valence electrons. The lowest BCUT2D eigenvalue weighted by molar-refractivity contribution is -0.152. The van der Waals surface area contributed by atoms with Crippen LogP contribution in [0, 0.1) is 0 Å². The van der Waals surface area contributed by atoms with Crippen LogP contribution >= 0.6 is 0 Å². The van der Waals surface area contributed by atoms with E-state index in [0.29, 0.717) is 18.4 Å². The van der Waals surface area contributed by atoms with Crippen LogP contribution in [0.4, 0.5) is 4.79 Å². The summed E-state index contributed by atoms with van der Waals surface area (Å²) in [5.74, 6) is -1.34. The van der Waals surface area contributed by atoms with Crippen molar-refractivity contribution in [2.45, 2.75) is 97.6 Å². The van der Waals surface area contributed by atoms with E-state index in [1.54, 1.807) is 13.0 Å². The molecule has 0 saturated heterocycles. The summed E-state index contributed by atoms with van der Waals surface area (Å²) < 4.78 is 25.9. The minimum absolute atomic E-state index is 0.0784. The predicted octanol–water partition coefficient (Wildman–Crippen LogP) is 4.63. The molecular weight excluding hydrogens is 482 g/mol. The fourth-order valence-electron chi connectivity index (χ4n) is 3.02. The molecule has 0 aliphatic heterocycles. The number of carbonyl (C=O) groups excluding carboxylic acids is 4. The first kappa shape index (κ1) is 31.9. The monoisotopic (exact) mass is 523 g/mol. The number of nitrogens with two attached hydrogens (primary N) is 1. The first-order valence-corrected chi connectivity index (χ1v) is 13.0. The minimum atomic E-state index is -1.03. The molecule has 0 saturated carbocycles. The van der Waals surface area contributed by atoms with E-state index < -0.39 is 36.2 Å².